The molecule has 2 amide bonds. The molecule has 1 heterocycles. The van der Waals surface area contributed by atoms with E-state index in [-0.39, 0.29) is 6.03 Å². The summed E-state index contributed by atoms with van der Waals surface area (Å²) in [4.78, 5) is 15.3. The van der Waals surface area contributed by atoms with Crippen LogP contribution in [-0.2, 0) is 0 Å². The molecule has 0 radical (unpaired) electrons. The lowest BCUT2D eigenvalue weighted by molar-refractivity contribution is 0.229. The molecule has 0 aromatic heterocycles. The summed E-state index contributed by atoms with van der Waals surface area (Å²) in [7, 11) is 3.70. The molecular formula is C13H21N3O. The quantitative estimate of drug-likeness (QED) is 0.855. The molecule has 2 rings (SSSR count). The summed E-state index contributed by atoms with van der Waals surface area (Å²) >= 11 is 0. The summed E-state index contributed by atoms with van der Waals surface area (Å²) in [5.41, 5.74) is 1.98. The number of benzene rings is 1. The molecule has 1 aliphatic rings. The number of anilines is 2. The fraction of sp³-hybridized carbons (Fsp3) is 0.462. The molecule has 1 fully saturated rings. The van der Waals surface area contributed by atoms with Gasteiger partial charge in [0.05, 0.1) is 0 Å². The van der Waals surface area contributed by atoms with Crippen molar-refractivity contribution in [3.63, 3.8) is 0 Å². The molecule has 1 aliphatic heterocycles. The first kappa shape index (κ1) is 13.4. The van der Waals surface area contributed by atoms with Crippen LogP contribution < -0.4 is 10.2 Å². The van der Waals surface area contributed by atoms with Crippen LogP contribution in [0.3, 0.4) is 0 Å². The second-order valence-corrected chi connectivity index (χ2v) is 3.66. The van der Waals surface area contributed by atoms with Crippen molar-refractivity contribution in [2.45, 2.75) is 13.8 Å². The Hall–Kier alpha value is -1.71. The maximum absolute atomic E-state index is 11.7. The van der Waals surface area contributed by atoms with Gasteiger partial charge in [-0.05, 0) is 18.2 Å². The van der Waals surface area contributed by atoms with E-state index in [0.29, 0.717) is 0 Å². The lowest BCUT2D eigenvalue weighted by atomic mass is 10.2. The second-order valence-electron chi connectivity index (χ2n) is 3.66. The number of amides is 2. The fourth-order valence-corrected chi connectivity index (χ4v) is 1.72. The first-order chi connectivity index (χ1) is 8.22. The number of nitrogens with zero attached hydrogens (tertiary/aromatic N) is 2. The minimum atomic E-state index is 0.0725. The molecule has 17 heavy (non-hydrogen) atoms. The number of carbonyl (C=O) groups excluding carboxylic acids is 1. The summed E-state index contributed by atoms with van der Waals surface area (Å²) in [6.45, 7) is 5.56. The first-order valence-electron chi connectivity index (χ1n) is 6.03. The van der Waals surface area contributed by atoms with Gasteiger partial charge in [-0.2, -0.15) is 0 Å². The number of nitrogens with one attached hydrogen (secondary N) is 1. The Morgan fingerprint density at radius 1 is 1.24 bits per heavy atom. The predicted molar refractivity (Wildman–Crippen MR) is 72.7 cm³/mol. The van der Waals surface area contributed by atoms with Gasteiger partial charge in [-0.25, -0.2) is 4.79 Å². The van der Waals surface area contributed by atoms with E-state index in [1.165, 1.54) is 0 Å². The number of hydrogen-bond acceptors (Lipinski definition) is 2. The highest BCUT2D eigenvalue weighted by Crippen LogP contribution is 2.22. The molecule has 1 N–H and O–H groups in total. The summed E-state index contributed by atoms with van der Waals surface area (Å²) in [5, 5.41) is 3.07. The summed E-state index contributed by atoms with van der Waals surface area (Å²) in [6.07, 6.45) is 0. The lowest BCUT2D eigenvalue weighted by Gasteiger charge is -2.16. The third-order valence-corrected chi connectivity index (χ3v) is 2.66. The van der Waals surface area contributed by atoms with Crippen molar-refractivity contribution in [1.29, 1.82) is 0 Å². The van der Waals surface area contributed by atoms with E-state index in [2.05, 4.69) is 5.32 Å². The normalized spacial score (nSPS) is 14.5. The van der Waals surface area contributed by atoms with Crippen molar-refractivity contribution in [2.24, 2.45) is 0 Å². The van der Waals surface area contributed by atoms with Crippen LogP contribution in [0.2, 0.25) is 0 Å². The monoisotopic (exact) mass is 235 g/mol. The van der Waals surface area contributed by atoms with Crippen LogP contribution in [0.1, 0.15) is 13.8 Å². The van der Waals surface area contributed by atoms with Gasteiger partial charge in [0, 0.05) is 38.6 Å². The molecule has 4 heteroatoms. The van der Waals surface area contributed by atoms with E-state index >= 15 is 0 Å². The number of carbonyl (C=O) groups is 1. The minimum absolute atomic E-state index is 0.0725. The van der Waals surface area contributed by atoms with E-state index in [0.717, 1.165) is 24.5 Å². The number of urea groups is 1. The Kier molecular flexibility index (Phi) is 4.82. The highest BCUT2D eigenvalue weighted by atomic mass is 16.2. The minimum Gasteiger partial charge on any atom is -0.388 e. The van der Waals surface area contributed by atoms with Crippen LogP contribution in [0.25, 0.3) is 0 Å². The molecule has 1 aromatic carbocycles. The number of likely N-dealkylation sites (N-methyl/N-ethyl adjacent to an activating group) is 1. The molecule has 0 aliphatic carbocycles. The van der Waals surface area contributed by atoms with E-state index in [1.807, 2.05) is 52.2 Å². The van der Waals surface area contributed by atoms with Crippen LogP contribution in [0, 0.1) is 0 Å². The molecule has 0 spiro atoms. The molecule has 0 bridgehead atoms. The van der Waals surface area contributed by atoms with Crippen LogP contribution in [0.5, 0.6) is 0 Å². The standard InChI is InChI=1S/C11H15N3O.C2H6/c1-12-9-4-3-5-10(8-9)14-7-6-13(2)11(14)15;1-2/h3-5,8,12H,6-7H2,1-2H3;1-2H3. The van der Waals surface area contributed by atoms with E-state index < -0.39 is 0 Å². The Morgan fingerprint density at radius 2 is 1.94 bits per heavy atom. The van der Waals surface area contributed by atoms with Crippen molar-refractivity contribution >= 4 is 17.4 Å². The first-order valence-corrected chi connectivity index (χ1v) is 6.03. The van der Waals surface area contributed by atoms with Crippen LogP contribution >= 0.6 is 0 Å². The largest absolute Gasteiger partial charge is 0.388 e. The van der Waals surface area contributed by atoms with Gasteiger partial charge >= 0.3 is 6.03 Å². The molecule has 1 saturated heterocycles. The van der Waals surface area contributed by atoms with Crippen LogP contribution in [-0.4, -0.2) is 38.1 Å². The van der Waals surface area contributed by atoms with Crippen LogP contribution in [0.15, 0.2) is 24.3 Å². The molecule has 0 unspecified atom stereocenters. The molecule has 4 nitrogen and oxygen atoms in total. The summed E-state index contributed by atoms with van der Waals surface area (Å²) in [5.74, 6) is 0. The number of hydrogen-bond donors (Lipinski definition) is 1. The van der Waals surface area contributed by atoms with E-state index in [4.69, 9.17) is 0 Å². The van der Waals surface area contributed by atoms with Crippen molar-refractivity contribution in [2.75, 3.05) is 37.4 Å². The molecule has 1 aromatic rings. The zero-order valence-corrected chi connectivity index (χ0v) is 11.0. The van der Waals surface area contributed by atoms with Crippen molar-refractivity contribution < 1.29 is 4.79 Å². The third kappa shape index (κ3) is 2.90. The lowest BCUT2D eigenvalue weighted by Crippen LogP contribution is -2.29. The van der Waals surface area contributed by atoms with Crippen molar-refractivity contribution in [1.82, 2.24) is 4.90 Å². The van der Waals surface area contributed by atoms with Gasteiger partial charge in [-0.3, -0.25) is 4.90 Å². The maximum Gasteiger partial charge on any atom is 0.324 e. The Balaban J connectivity index is 0.000000686. The average molecular weight is 235 g/mol. The highest BCUT2D eigenvalue weighted by molar-refractivity contribution is 5.94. The van der Waals surface area contributed by atoms with Gasteiger partial charge < -0.3 is 10.2 Å². The van der Waals surface area contributed by atoms with Crippen LogP contribution in [0.4, 0.5) is 16.2 Å². The third-order valence-electron chi connectivity index (χ3n) is 2.66. The van der Waals surface area contributed by atoms with Gasteiger partial charge in [0.25, 0.3) is 0 Å². The zero-order valence-electron chi connectivity index (χ0n) is 11.0. The van der Waals surface area contributed by atoms with Gasteiger partial charge in [0.1, 0.15) is 0 Å². The molecule has 0 saturated carbocycles. The maximum atomic E-state index is 11.7. The number of rotatable bonds is 2. The van der Waals surface area contributed by atoms with Gasteiger partial charge in [0.2, 0.25) is 0 Å². The smallest absolute Gasteiger partial charge is 0.324 e. The predicted octanol–water partition coefficient (Wildman–Crippen LogP) is 2.63. The topological polar surface area (TPSA) is 35.6 Å². The van der Waals surface area contributed by atoms with Crippen molar-refractivity contribution in [3.05, 3.63) is 24.3 Å². The molecule has 94 valence electrons. The Labute approximate surface area is 103 Å². The van der Waals surface area contributed by atoms with E-state index in [1.54, 1.807) is 9.80 Å². The summed E-state index contributed by atoms with van der Waals surface area (Å²) in [6, 6.07) is 7.94. The Bertz CT molecular complexity index is 379. The second kappa shape index (κ2) is 6.13. The Morgan fingerprint density at radius 3 is 2.47 bits per heavy atom. The SMILES string of the molecule is CC.CNc1cccc(N2CCN(C)C2=O)c1. The fourth-order valence-electron chi connectivity index (χ4n) is 1.72. The van der Waals surface area contributed by atoms with E-state index in [9.17, 15) is 4.79 Å². The van der Waals surface area contributed by atoms with Gasteiger partial charge in [-0.1, -0.05) is 19.9 Å². The van der Waals surface area contributed by atoms with Gasteiger partial charge in [-0.15, -0.1) is 0 Å². The molecular weight excluding hydrogens is 214 g/mol. The van der Waals surface area contributed by atoms with Crippen molar-refractivity contribution in [3.8, 4) is 0 Å². The molecule has 0 atom stereocenters. The zero-order chi connectivity index (χ0) is 12.8. The van der Waals surface area contributed by atoms with Gasteiger partial charge in [0.15, 0.2) is 0 Å². The summed E-state index contributed by atoms with van der Waals surface area (Å²) < 4.78 is 0. The average Bonchev–Trinajstić information content (AvgIpc) is 2.73. The highest BCUT2D eigenvalue weighted by Gasteiger charge is 2.26.